The maximum Gasteiger partial charge on any atom is 0.0411 e. The van der Waals surface area contributed by atoms with Crippen LogP contribution in [0, 0.1) is 5.41 Å². The normalized spacial score (nSPS) is 52.9. The molecule has 1 nitrogen and oxygen atoms in total. The molecule has 2 fully saturated rings. The minimum absolute atomic E-state index is 0.498. The third-order valence-electron chi connectivity index (χ3n) is 2.37. The van der Waals surface area contributed by atoms with E-state index < -0.39 is 0 Å². The summed E-state index contributed by atoms with van der Waals surface area (Å²) < 4.78 is 0. The van der Waals surface area contributed by atoms with Gasteiger partial charge in [0.05, 0.1) is 0 Å². The Morgan fingerprint density at radius 2 is 2.38 bits per heavy atom. The fraction of sp³-hybridized carbons (Fsp3) is 1.00. The van der Waals surface area contributed by atoms with Gasteiger partial charge < -0.3 is 5.32 Å². The molecule has 2 atom stereocenters. The second-order valence-electron chi connectivity index (χ2n) is 2.96. The summed E-state index contributed by atoms with van der Waals surface area (Å²) >= 11 is 5.91. The molecule has 1 spiro atoms. The van der Waals surface area contributed by atoms with Crippen LogP contribution in [0.25, 0.3) is 0 Å². The topological polar surface area (TPSA) is 12.0 Å². The van der Waals surface area contributed by atoms with Crippen molar-refractivity contribution in [2.24, 2.45) is 5.41 Å². The molecule has 0 bridgehead atoms. The zero-order valence-electron chi connectivity index (χ0n) is 4.78. The van der Waals surface area contributed by atoms with Gasteiger partial charge in [0.15, 0.2) is 0 Å². The first-order valence-corrected chi connectivity index (χ1v) is 3.62. The van der Waals surface area contributed by atoms with E-state index in [-0.39, 0.29) is 0 Å². The quantitative estimate of drug-likeness (QED) is 0.484. The molecular formula is C6H10ClN. The summed E-state index contributed by atoms with van der Waals surface area (Å²) in [5, 5.41) is 3.82. The minimum atomic E-state index is 0.498. The van der Waals surface area contributed by atoms with Gasteiger partial charge in [-0.2, -0.15) is 0 Å². The van der Waals surface area contributed by atoms with Crippen LogP contribution in [0.4, 0.5) is 0 Å². The van der Waals surface area contributed by atoms with Crippen molar-refractivity contribution in [3.05, 3.63) is 0 Å². The first kappa shape index (κ1) is 5.07. The Hall–Kier alpha value is 0.250. The first-order chi connectivity index (χ1) is 3.83. The SMILES string of the molecule is ClC1CC12CCNC2. The molecule has 1 N–H and O–H groups in total. The van der Waals surface area contributed by atoms with Crippen LogP contribution in [0.1, 0.15) is 12.8 Å². The molecule has 2 heteroatoms. The van der Waals surface area contributed by atoms with Crippen LogP contribution in [-0.2, 0) is 0 Å². The largest absolute Gasteiger partial charge is 0.316 e. The van der Waals surface area contributed by atoms with Crippen molar-refractivity contribution in [3.8, 4) is 0 Å². The summed E-state index contributed by atoms with van der Waals surface area (Å²) in [4.78, 5) is 0. The number of halogens is 1. The number of hydrogen-bond acceptors (Lipinski definition) is 1. The summed E-state index contributed by atoms with van der Waals surface area (Å²) in [6.07, 6.45) is 2.56. The van der Waals surface area contributed by atoms with Gasteiger partial charge in [0, 0.05) is 17.3 Å². The monoisotopic (exact) mass is 131 g/mol. The third kappa shape index (κ3) is 0.517. The van der Waals surface area contributed by atoms with Crippen LogP contribution in [0.2, 0.25) is 0 Å². The van der Waals surface area contributed by atoms with Crippen LogP contribution in [0.15, 0.2) is 0 Å². The van der Waals surface area contributed by atoms with Gasteiger partial charge >= 0.3 is 0 Å². The predicted octanol–water partition coefficient (Wildman–Crippen LogP) is 0.977. The second-order valence-corrected chi connectivity index (χ2v) is 3.49. The van der Waals surface area contributed by atoms with E-state index in [1.807, 2.05) is 0 Å². The van der Waals surface area contributed by atoms with E-state index in [1.54, 1.807) is 0 Å². The predicted molar refractivity (Wildman–Crippen MR) is 34.2 cm³/mol. The van der Waals surface area contributed by atoms with E-state index in [4.69, 9.17) is 11.6 Å². The van der Waals surface area contributed by atoms with Gasteiger partial charge in [0.2, 0.25) is 0 Å². The van der Waals surface area contributed by atoms with Gasteiger partial charge in [-0.05, 0) is 19.4 Å². The number of hydrogen-bond donors (Lipinski definition) is 1. The molecule has 8 heavy (non-hydrogen) atoms. The molecule has 1 saturated carbocycles. The molecule has 1 aliphatic carbocycles. The molecular weight excluding hydrogens is 122 g/mol. The van der Waals surface area contributed by atoms with E-state index >= 15 is 0 Å². The highest BCUT2D eigenvalue weighted by Crippen LogP contribution is 2.54. The van der Waals surface area contributed by atoms with E-state index in [2.05, 4.69) is 5.32 Å². The maximum absolute atomic E-state index is 5.91. The van der Waals surface area contributed by atoms with Crippen molar-refractivity contribution in [2.75, 3.05) is 13.1 Å². The zero-order chi connectivity index (χ0) is 5.61. The molecule has 0 aromatic heterocycles. The van der Waals surface area contributed by atoms with Crippen LogP contribution in [0.3, 0.4) is 0 Å². The first-order valence-electron chi connectivity index (χ1n) is 3.18. The van der Waals surface area contributed by atoms with Crippen molar-refractivity contribution in [1.82, 2.24) is 5.32 Å². The van der Waals surface area contributed by atoms with E-state index in [9.17, 15) is 0 Å². The van der Waals surface area contributed by atoms with E-state index in [1.165, 1.54) is 25.9 Å². The minimum Gasteiger partial charge on any atom is -0.316 e. The fourth-order valence-corrected chi connectivity index (χ4v) is 2.00. The van der Waals surface area contributed by atoms with Crippen molar-refractivity contribution in [1.29, 1.82) is 0 Å². The summed E-state index contributed by atoms with van der Waals surface area (Å²) in [5.74, 6) is 0. The summed E-state index contributed by atoms with van der Waals surface area (Å²) in [6.45, 7) is 2.35. The average Bonchev–Trinajstić information content (AvgIpc) is 2.29. The molecule has 2 unspecified atom stereocenters. The van der Waals surface area contributed by atoms with Gasteiger partial charge in [-0.15, -0.1) is 11.6 Å². The second kappa shape index (κ2) is 1.39. The number of alkyl halides is 1. The summed E-state index contributed by atoms with van der Waals surface area (Å²) in [6, 6.07) is 0. The van der Waals surface area contributed by atoms with Crippen LogP contribution < -0.4 is 5.32 Å². The molecule has 1 aliphatic heterocycles. The molecule has 0 aromatic carbocycles. The summed E-state index contributed by atoms with van der Waals surface area (Å²) in [5.41, 5.74) is 0.557. The fourth-order valence-electron chi connectivity index (χ4n) is 1.50. The molecule has 0 amide bonds. The molecule has 1 heterocycles. The van der Waals surface area contributed by atoms with Crippen LogP contribution in [-0.4, -0.2) is 18.5 Å². The number of nitrogens with one attached hydrogen (secondary N) is 1. The van der Waals surface area contributed by atoms with Crippen LogP contribution in [0.5, 0.6) is 0 Å². The van der Waals surface area contributed by atoms with Gasteiger partial charge in [0.25, 0.3) is 0 Å². The molecule has 1 saturated heterocycles. The van der Waals surface area contributed by atoms with Gasteiger partial charge in [-0.25, -0.2) is 0 Å². The van der Waals surface area contributed by atoms with Gasteiger partial charge in [-0.3, -0.25) is 0 Å². The van der Waals surface area contributed by atoms with Gasteiger partial charge in [-0.1, -0.05) is 0 Å². The van der Waals surface area contributed by atoms with Gasteiger partial charge in [0.1, 0.15) is 0 Å². The lowest BCUT2D eigenvalue weighted by Crippen LogP contribution is -2.10. The van der Waals surface area contributed by atoms with Crippen molar-refractivity contribution >= 4 is 11.6 Å². The highest BCUT2D eigenvalue weighted by molar-refractivity contribution is 6.23. The molecule has 46 valence electrons. The van der Waals surface area contributed by atoms with E-state index in [0.29, 0.717) is 10.8 Å². The van der Waals surface area contributed by atoms with Crippen molar-refractivity contribution in [2.45, 2.75) is 18.2 Å². The molecule has 0 aromatic rings. The highest BCUT2D eigenvalue weighted by Gasteiger charge is 2.54. The lowest BCUT2D eigenvalue weighted by atomic mass is 10.1. The summed E-state index contributed by atoms with van der Waals surface area (Å²) in [7, 11) is 0. The maximum atomic E-state index is 5.91. The molecule has 2 aliphatic rings. The lowest BCUT2D eigenvalue weighted by molar-refractivity contribution is 0.576. The molecule has 0 radical (unpaired) electrons. The smallest absolute Gasteiger partial charge is 0.0411 e. The standard InChI is InChI=1S/C6H10ClN/c7-5-3-6(5)1-2-8-4-6/h5,8H,1-4H2. The Bertz CT molecular complexity index is 107. The lowest BCUT2D eigenvalue weighted by Gasteiger charge is -1.99. The third-order valence-corrected chi connectivity index (χ3v) is 2.98. The van der Waals surface area contributed by atoms with Crippen LogP contribution >= 0.6 is 11.6 Å². The highest BCUT2D eigenvalue weighted by atomic mass is 35.5. The number of rotatable bonds is 0. The Kier molecular flexibility index (Phi) is 0.884. The zero-order valence-corrected chi connectivity index (χ0v) is 5.54. The Labute approximate surface area is 54.4 Å². The Morgan fingerprint density at radius 1 is 1.62 bits per heavy atom. The van der Waals surface area contributed by atoms with Crippen molar-refractivity contribution < 1.29 is 0 Å². The Balaban J connectivity index is 2.06. The Morgan fingerprint density at radius 3 is 2.62 bits per heavy atom. The average molecular weight is 132 g/mol. The van der Waals surface area contributed by atoms with Crippen molar-refractivity contribution in [3.63, 3.8) is 0 Å². The van der Waals surface area contributed by atoms with E-state index in [0.717, 1.165) is 0 Å². The molecule has 2 rings (SSSR count).